The van der Waals surface area contributed by atoms with Crippen LogP contribution < -0.4 is 5.32 Å². The highest BCUT2D eigenvalue weighted by Gasteiger charge is 2.27. The minimum Gasteiger partial charge on any atom is -0.314 e. The van der Waals surface area contributed by atoms with E-state index in [0.29, 0.717) is 10.0 Å². The number of piperazine rings is 1. The molecular formula is C15H15BrCl2N2S. The van der Waals surface area contributed by atoms with Gasteiger partial charge < -0.3 is 5.32 Å². The molecule has 0 aliphatic carbocycles. The Morgan fingerprint density at radius 2 is 1.90 bits per heavy atom. The van der Waals surface area contributed by atoms with Gasteiger partial charge in [-0.2, -0.15) is 0 Å². The van der Waals surface area contributed by atoms with Crippen molar-refractivity contribution >= 4 is 50.5 Å². The second-order valence-corrected chi connectivity index (χ2v) is 8.25. The Labute approximate surface area is 147 Å². The normalized spacial score (nSPS) is 17.9. The fraction of sp³-hybridized carbons (Fsp3) is 0.333. The van der Waals surface area contributed by atoms with E-state index in [9.17, 15) is 0 Å². The molecule has 1 aromatic carbocycles. The van der Waals surface area contributed by atoms with Crippen LogP contribution in [0.4, 0.5) is 0 Å². The summed E-state index contributed by atoms with van der Waals surface area (Å²) in [6, 6.07) is 10.3. The number of benzene rings is 1. The average Bonchev–Trinajstić information content (AvgIpc) is 2.91. The van der Waals surface area contributed by atoms with E-state index in [1.165, 1.54) is 4.88 Å². The van der Waals surface area contributed by atoms with Gasteiger partial charge in [0.15, 0.2) is 0 Å². The van der Waals surface area contributed by atoms with E-state index in [-0.39, 0.29) is 6.04 Å². The van der Waals surface area contributed by atoms with Gasteiger partial charge in [-0.1, -0.05) is 35.3 Å². The van der Waals surface area contributed by atoms with E-state index >= 15 is 0 Å². The van der Waals surface area contributed by atoms with Crippen molar-refractivity contribution in [3.8, 4) is 0 Å². The van der Waals surface area contributed by atoms with Crippen LogP contribution in [0.2, 0.25) is 10.0 Å². The van der Waals surface area contributed by atoms with E-state index < -0.39 is 0 Å². The standard InChI is InChI=1S/C15H15BrCl2N2S/c16-13-5-4-12(21-13)15(20-8-6-19-7-9-20)10-2-1-3-11(17)14(10)18/h1-5,15,19H,6-9H2. The second-order valence-electron chi connectivity index (χ2n) is 4.97. The molecule has 21 heavy (non-hydrogen) atoms. The Morgan fingerprint density at radius 3 is 2.57 bits per heavy atom. The van der Waals surface area contributed by atoms with E-state index in [0.717, 1.165) is 35.5 Å². The van der Waals surface area contributed by atoms with Crippen molar-refractivity contribution in [1.82, 2.24) is 10.2 Å². The molecule has 1 atom stereocenters. The molecule has 0 bridgehead atoms. The summed E-state index contributed by atoms with van der Waals surface area (Å²) in [5.41, 5.74) is 1.08. The molecule has 0 spiro atoms. The first kappa shape index (κ1) is 15.8. The third-order valence-electron chi connectivity index (χ3n) is 3.66. The van der Waals surface area contributed by atoms with Gasteiger partial charge in [0, 0.05) is 31.1 Å². The van der Waals surface area contributed by atoms with Gasteiger partial charge in [-0.25, -0.2) is 0 Å². The molecule has 1 aliphatic rings. The van der Waals surface area contributed by atoms with Crippen LogP contribution in [0.5, 0.6) is 0 Å². The van der Waals surface area contributed by atoms with Crippen LogP contribution in [0, 0.1) is 0 Å². The molecule has 1 unspecified atom stereocenters. The predicted molar refractivity (Wildman–Crippen MR) is 94.8 cm³/mol. The maximum Gasteiger partial charge on any atom is 0.0712 e. The van der Waals surface area contributed by atoms with Gasteiger partial charge in [0.1, 0.15) is 0 Å². The minimum atomic E-state index is 0.162. The lowest BCUT2D eigenvalue weighted by molar-refractivity contribution is 0.201. The van der Waals surface area contributed by atoms with Crippen LogP contribution in [0.3, 0.4) is 0 Å². The molecule has 1 aliphatic heterocycles. The number of rotatable bonds is 3. The highest BCUT2D eigenvalue weighted by atomic mass is 79.9. The summed E-state index contributed by atoms with van der Waals surface area (Å²) in [5, 5.41) is 4.67. The maximum absolute atomic E-state index is 6.48. The minimum absolute atomic E-state index is 0.162. The number of nitrogens with one attached hydrogen (secondary N) is 1. The number of hydrogen-bond acceptors (Lipinski definition) is 3. The number of thiophene rings is 1. The van der Waals surface area contributed by atoms with E-state index in [1.807, 2.05) is 12.1 Å². The van der Waals surface area contributed by atoms with Crippen molar-refractivity contribution < 1.29 is 0 Å². The van der Waals surface area contributed by atoms with Crippen molar-refractivity contribution in [2.24, 2.45) is 0 Å². The van der Waals surface area contributed by atoms with Crippen molar-refractivity contribution in [1.29, 1.82) is 0 Å². The molecule has 1 saturated heterocycles. The molecular weight excluding hydrogens is 391 g/mol. The summed E-state index contributed by atoms with van der Waals surface area (Å²) in [6.07, 6.45) is 0. The van der Waals surface area contributed by atoms with Crippen LogP contribution in [0.15, 0.2) is 34.1 Å². The summed E-state index contributed by atoms with van der Waals surface area (Å²) in [5.74, 6) is 0. The highest BCUT2D eigenvalue weighted by Crippen LogP contribution is 2.40. The van der Waals surface area contributed by atoms with Crippen molar-refractivity contribution in [2.75, 3.05) is 26.2 Å². The predicted octanol–water partition coefficient (Wildman–Crippen LogP) is 4.81. The fourth-order valence-corrected chi connectivity index (χ4v) is 4.67. The van der Waals surface area contributed by atoms with Gasteiger partial charge in [0.2, 0.25) is 0 Å². The third kappa shape index (κ3) is 3.46. The molecule has 6 heteroatoms. The van der Waals surface area contributed by atoms with E-state index in [2.05, 4.69) is 44.3 Å². The molecule has 1 N–H and O–H groups in total. The first-order valence-electron chi connectivity index (χ1n) is 6.81. The first-order chi connectivity index (χ1) is 10.2. The highest BCUT2D eigenvalue weighted by molar-refractivity contribution is 9.11. The van der Waals surface area contributed by atoms with Gasteiger partial charge in [-0.15, -0.1) is 11.3 Å². The van der Waals surface area contributed by atoms with Crippen molar-refractivity contribution in [2.45, 2.75) is 6.04 Å². The smallest absolute Gasteiger partial charge is 0.0712 e. The molecule has 0 amide bonds. The Hall–Kier alpha value is -0.100. The van der Waals surface area contributed by atoms with Gasteiger partial charge >= 0.3 is 0 Å². The summed E-state index contributed by atoms with van der Waals surface area (Å²) in [6.45, 7) is 4.01. The molecule has 0 radical (unpaired) electrons. The first-order valence-corrected chi connectivity index (χ1v) is 9.17. The molecule has 2 nitrogen and oxygen atoms in total. The Bertz CT molecular complexity index is 626. The number of hydrogen-bond donors (Lipinski definition) is 1. The SMILES string of the molecule is Clc1cccc(C(c2ccc(Br)s2)N2CCNCC2)c1Cl. The third-order valence-corrected chi connectivity index (χ3v) is 6.17. The summed E-state index contributed by atoms with van der Waals surface area (Å²) < 4.78 is 1.13. The Balaban J connectivity index is 2.04. The molecule has 2 heterocycles. The lowest BCUT2D eigenvalue weighted by Gasteiger charge is -2.35. The fourth-order valence-electron chi connectivity index (χ4n) is 2.68. The van der Waals surface area contributed by atoms with Gasteiger partial charge in [0.05, 0.1) is 19.9 Å². The van der Waals surface area contributed by atoms with Crippen LogP contribution >= 0.6 is 50.5 Å². The zero-order chi connectivity index (χ0) is 14.8. The Morgan fingerprint density at radius 1 is 1.14 bits per heavy atom. The van der Waals surface area contributed by atoms with Gasteiger partial charge in [-0.05, 0) is 39.7 Å². The molecule has 112 valence electrons. The molecule has 3 rings (SSSR count). The molecule has 0 saturated carbocycles. The number of nitrogens with zero attached hydrogens (tertiary/aromatic N) is 1. The number of halogens is 3. The zero-order valence-corrected chi connectivity index (χ0v) is 15.2. The summed E-state index contributed by atoms with van der Waals surface area (Å²) in [7, 11) is 0. The maximum atomic E-state index is 6.48. The monoisotopic (exact) mass is 404 g/mol. The topological polar surface area (TPSA) is 15.3 Å². The van der Waals surface area contributed by atoms with Crippen molar-refractivity contribution in [3.05, 3.63) is 54.6 Å². The lowest BCUT2D eigenvalue weighted by Crippen LogP contribution is -2.45. The quantitative estimate of drug-likeness (QED) is 0.787. The van der Waals surface area contributed by atoms with Gasteiger partial charge in [0.25, 0.3) is 0 Å². The zero-order valence-electron chi connectivity index (χ0n) is 11.3. The van der Waals surface area contributed by atoms with Crippen LogP contribution in [0.1, 0.15) is 16.5 Å². The molecule has 2 aromatic rings. The van der Waals surface area contributed by atoms with Crippen LogP contribution in [0.25, 0.3) is 0 Å². The second kappa shape index (κ2) is 6.99. The molecule has 1 fully saturated rings. The van der Waals surface area contributed by atoms with Gasteiger partial charge in [-0.3, -0.25) is 4.90 Å². The molecule has 1 aromatic heterocycles. The van der Waals surface area contributed by atoms with Crippen LogP contribution in [-0.4, -0.2) is 31.1 Å². The largest absolute Gasteiger partial charge is 0.314 e. The van der Waals surface area contributed by atoms with Crippen LogP contribution in [-0.2, 0) is 0 Å². The summed E-state index contributed by atoms with van der Waals surface area (Å²) >= 11 is 18.0. The Kier molecular flexibility index (Phi) is 5.25. The summed E-state index contributed by atoms with van der Waals surface area (Å²) in [4.78, 5) is 3.75. The van der Waals surface area contributed by atoms with Crippen molar-refractivity contribution in [3.63, 3.8) is 0 Å². The average molecular weight is 406 g/mol. The lowest BCUT2D eigenvalue weighted by atomic mass is 10.0. The van der Waals surface area contributed by atoms with E-state index in [1.54, 1.807) is 11.3 Å². The van der Waals surface area contributed by atoms with E-state index in [4.69, 9.17) is 23.2 Å².